The van der Waals surface area contributed by atoms with Gasteiger partial charge in [0.25, 0.3) is 0 Å². The Morgan fingerprint density at radius 2 is 2.47 bits per heavy atom. The minimum absolute atomic E-state index is 0.00917. The van der Waals surface area contributed by atoms with Crippen molar-refractivity contribution in [3.8, 4) is 0 Å². The maximum Gasteiger partial charge on any atom is 0.318 e. The van der Waals surface area contributed by atoms with Crippen LogP contribution in [0.4, 0.5) is 4.79 Å². The van der Waals surface area contributed by atoms with Crippen molar-refractivity contribution in [1.82, 2.24) is 10.2 Å². The first-order valence-corrected chi connectivity index (χ1v) is 7.36. The summed E-state index contributed by atoms with van der Waals surface area (Å²) in [7, 11) is 0. The molecule has 1 aliphatic rings. The molecule has 1 fully saturated rings. The summed E-state index contributed by atoms with van der Waals surface area (Å²) >= 11 is 1.68. The van der Waals surface area contributed by atoms with Gasteiger partial charge >= 0.3 is 6.03 Å². The number of carbonyl (C=O) groups is 1. The number of rotatable bonds is 3. The maximum absolute atomic E-state index is 12.2. The number of urea groups is 1. The fraction of sp³-hybridized carbons (Fsp3) is 0.357. The number of nitrogens with zero attached hydrogens (tertiary/aromatic N) is 1. The quantitative estimate of drug-likeness (QED) is 0.934. The van der Waals surface area contributed by atoms with Crippen LogP contribution in [-0.4, -0.2) is 17.5 Å². The summed E-state index contributed by atoms with van der Waals surface area (Å²) < 4.78 is 4.99. The summed E-state index contributed by atoms with van der Waals surface area (Å²) in [5.74, 6) is 0. The molecule has 1 aliphatic heterocycles. The first-order valence-electron chi connectivity index (χ1n) is 6.42. The lowest BCUT2D eigenvalue weighted by atomic mass is 10.1. The minimum atomic E-state index is 0.00917. The zero-order valence-electron chi connectivity index (χ0n) is 10.5. The number of nitrogens with one attached hydrogen (secondary N) is 1. The van der Waals surface area contributed by atoms with E-state index in [1.165, 1.54) is 5.56 Å². The molecular weight excluding hydrogens is 260 g/mol. The van der Waals surface area contributed by atoms with Crippen molar-refractivity contribution in [2.45, 2.75) is 25.4 Å². The van der Waals surface area contributed by atoms with Crippen molar-refractivity contribution < 1.29 is 9.21 Å². The van der Waals surface area contributed by atoms with E-state index >= 15 is 0 Å². The van der Waals surface area contributed by atoms with Crippen LogP contribution in [-0.2, 0) is 6.54 Å². The molecule has 0 saturated carbocycles. The largest absolute Gasteiger partial charge is 0.472 e. The fourth-order valence-corrected chi connectivity index (χ4v) is 3.20. The number of likely N-dealkylation sites (tertiary alicyclic amines) is 1. The van der Waals surface area contributed by atoms with Gasteiger partial charge in [-0.3, -0.25) is 0 Å². The van der Waals surface area contributed by atoms with Crippen LogP contribution in [0.2, 0.25) is 0 Å². The molecule has 1 atom stereocenters. The van der Waals surface area contributed by atoms with Crippen molar-refractivity contribution in [1.29, 1.82) is 0 Å². The van der Waals surface area contributed by atoms with Gasteiger partial charge in [0.1, 0.15) is 0 Å². The molecule has 4 nitrogen and oxygen atoms in total. The second kappa shape index (κ2) is 5.48. The molecule has 100 valence electrons. The molecule has 1 saturated heterocycles. The molecule has 2 aromatic heterocycles. The molecule has 2 aromatic rings. The van der Waals surface area contributed by atoms with Crippen molar-refractivity contribution in [3.63, 3.8) is 0 Å². The highest BCUT2D eigenvalue weighted by atomic mass is 32.1. The molecule has 0 radical (unpaired) electrons. The monoisotopic (exact) mass is 276 g/mol. The number of carbonyl (C=O) groups excluding carboxylic acids is 1. The lowest BCUT2D eigenvalue weighted by Gasteiger charge is -2.24. The highest BCUT2D eigenvalue weighted by Gasteiger charge is 2.29. The Kier molecular flexibility index (Phi) is 3.55. The van der Waals surface area contributed by atoms with E-state index in [9.17, 15) is 4.79 Å². The van der Waals surface area contributed by atoms with Gasteiger partial charge < -0.3 is 14.6 Å². The van der Waals surface area contributed by atoms with Crippen molar-refractivity contribution in [2.24, 2.45) is 0 Å². The SMILES string of the molecule is O=C(NCc1ccoc1)N1CCCC1c1ccsc1. The van der Waals surface area contributed by atoms with Gasteiger partial charge in [-0.15, -0.1) is 0 Å². The van der Waals surface area contributed by atoms with Gasteiger partial charge in [-0.2, -0.15) is 11.3 Å². The normalized spacial score (nSPS) is 18.7. The molecule has 0 bridgehead atoms. The van der Waals surface area contributed by atoms with Crippen molar-refractivity contribution in [2.75, 3.05) is 6.54 Å². The predicted molar refractivity (Wildman–Crippen MR) is 73.9 cm³/mol. The molecule has 0 spiro atoms. The molecule has 1 unspecified atom stereocenters. The van der Waals surface area contributed by atoms with E-state index in [2.05, 4.69) is 22.1 Å². The van der Waals surface area contributed by atoms with Crippen LogP contribution in [0.3, 0.4) is 0 Å². The standard InChI is InChI=1S/C14H16N2O2S/c17-14(15-8-11-3-6-18-9-11)16-5-1-2-13(16)12-4-7-19-10-12/h3-4,6-7,9-10,13H,1-2,5,8H2,(H,15,17). The molecule has 2 amide bonds. The van der Waals surface area contributed by atoms with Gasteiger partial charge in [-0.05, 0) is 41.3 Å². The maximum atomic E-state index is 12.2. The van der Waals surface area contributed by atoms with Crippen LogP contribution in [0.5, 0.6) is 0 Å². The molecule has 1 N–H and O–H groups in total. The van der Waals surface area contributed by atoms with E-state index in [-0.39, 0.29) is 12.1 Å². The van der Waals surface area contributed by atoms with Crippen LogP contribution < -0.4 is 5.32 Å². The average molecular weight is 276 g/mol. The zero-order valence-corrected chi connectivity index (χ0v) is 11.4. The van der Waals surface area contributed by atoms with Crippen molar-refractivity contribution >= 4 is 17.4 Å². The molecule has 0 aliphatic carbocycles. The molecule has 19 heavy (non-hydrogen) atoms. The third-order valence-electron chi connectivity index (χ3n) is 3.47. The van der Waals surface area contributed by atoms with E-state index in [4.69, 9.17) is 4.42 Å². The minimum Gasteiger partial charge on any atom is -0.472 e. The lowest BCUT2D eigenvalue weighted by molar-refractivity contribution is 0.192. The van der Waals surface area contributed by atoms with E-state index in [1.807, 2.05) is 11.0 Å². The number of thiophene rings is 1. The second-order valence-corrected chi connectivity index (χ2v) is 5.48. The van der Waals surface area contributed by atoms with E-state index in [0.29, 0.717) is 6.54 Å². The highest BCUT2D eigenvalue weighted by Crippen LogP contribution is 2.32. The van der Waals surface area contributed by atoms with Gasteiger partial charge in [0, 0.05) is 18.7 Å². The van der Waals surface area contributed by atoms with Gasteiger partial charge in [0.15, 0.2) is 0 Å². The van der Waals surface area contributed by atoms with E-state index < -0.39 is 0 Å². The third-order valence-corrected chi connectivity index (χ3v) is 4.17. The first kappa shape index (κ1) is 12.3. The average Bonchev–Trinajstić information content (AvgIpc) is 3.14. The van der Waals surface area contributed by atoms with Crippen LogP contribution >= 0.6 is 11.3 Å². The molecule has 5 heteroatoms. The number of hydrogen-bond acceptors (Lipinski definition) is 3. The van der Waals surface area contributed by atoms with E-state index in [1.54, 1.807) is 23.9 Å². The van der Waals surface area contributed by atoms with Crippen LogP contribution in [0.15, 0.2) is 39.8 Å². The van der Waals surface area contributed by atoms with Crippen molar-refractivity contribution in [3.05, 3.63) is 46.5 Å². The summed E-state index contributed by atoms with van der Waals surface area (Å²) in [4.78, 5) is 14.2. The Morgan fingerprint density at radius 1 is 1.53 bits per heavy atom. The number of furan rings is 1. The Hall–Kier alpha value is -1.75. The molecule has 3 heterocycles. The second-order valence-electron chi connectivity index (χ2n) is 4.70. The number of hydrogen-bond donors (Lipinski definition) is 1. The predicted octanol–water partition coefficient (Wildman–Crippen LogP) is 3.39. The Bertz CT molecular complexity index is 522. The third kappa shape index (κ3) is 2.66. The van der Waals surface area contributed by atoms with E-state index in [0.717, 1.165) is 24.9 Å². The first-order chi connectivity index (χ1) is 9.34. The summed E-state index contributed by atoms with van der Waals surface area (Å²) in [5, 5.41) is 7.15. The Morgan fingerprint density at radius 3 is 3.21 bits per heavy atom. The zero-order chi connectivity index (χ0) is 13.1. The van der Waals surface area contributed by atoms with Crippen LogP contribution in [0.25, 0.3) is 0 Å². The van der Waals surface area contributed by atoms with Crippen LogP contribution in [0, 0.1) is 0 Å². The highest BCUT2D eigenvalue weighted by molar-refractivity contribution is 7.07. The summed E-state index contributed by atoms with van der Waals surface area (Å²) in [6.07, 6.45) is 5.39. The smallest absolute Gasteiger partial charge is 0.318 e. The Labute approximate surface area is 116 Å². The number of amides is 2. The molecule has 0 aromatic carbocycles. The topological polar surface area (TPSA) is 45.5 Å². The van der Waals surface area contributed by atoms with Gasteiger partial charge in [0.2, 0.25) is 0 Å². The van der Waals surface area contributed by atoms with Gasteiger partial charge in [-0.1, -0.05) is 0 Å². The van der Waals surface area contributed by atoms with Gasteiger partial charge in [0.05, 0.1) is 18.6 Å². The summed E-state index contributed by atoms with van der Waals surface area (Å²) in [6, 6.07) is 4.21. The summed E-state index contributed by atoms with van der Waals surface area (Å²) in [5.41, 5.74) is 2.24. The molecule has 3 rings (SSSR count). The van der Waals surface area contributed by atoms with Gasteiger partial charge in [-0.25, -0.2) is 4.79 Å². The Balaban J connectivity index is 1.62. The van der Waals surface area contributed by atoms with Crippen LogP contribution in [0.1, 0.15) is 30.0 Å². The summed E-state index contributed by atoms with van der Waals surface area (Å²) in [6.45, 7) is 1.35. The molecular formula is C14H16N2O2S. The fourth-order valence-electron chi connectivity index (χ4n) is 2.49. The lowest BCUT2D eigenvalue weighted by Crippen LogP contribution is -2.38.